The van der Waals surface area contributed by atoms with E-state index in [2.05, 4.69) is 15.5 Å². The first-order valence-corrected chi connectivity index (χ1v) is 10.4. The molecule has 2 heterocycles. The minimum atomic E-state index is -0.532. The molecule has 2 aromatic carbocycles. The van der Waals surface area contributed by atoms with Crippen molar-refractivity contribution >= 4 is 35.0 Å². The van der Waals surface area contributed by atoms with Gasteiger partial charge in [-0.3, -0.25) is 13.9 Å². The number of hydrogen-bond donors (Lipinski definition) is 1. The number of hydrogen-bond acceptors (Lipinski definition) is 4. The standard InChI is InChI=1S/C21H17ClFN5OS/c22-17-12-16(8-9-18(17)23)24-19(29)14-30-21-26-25-20(27-10-4-5-11-27)28(21)13-15-6-2-1-3-7-15/h1-12H,13-14H2,(H,24,29). The van der Waals surface area contributed by atoms with E-state index in [4.69, 9.17) is 11.6 Å². The van der Waals surface area contributed by atoms with Gasteiger partial charge in [0.05, 0.1) is 17.3 Å². The minimum Gasteiger partial charge on any atom is -0.325 e. The number of aromatic nitrogens is 4. The highest BCUT2D eigenvalue weighted by molar-refractivity contribution is 7.99. The lowest BCUT2D eigenvalue weighted by Crippen LogP contribution is -2.15. The molecule has 0 saturated carbocycles. The summed E-state index contributed by atoms with van der Waals surface area (Å²) in [6, 6.07) is 17.8. The van der Waals surface area contributed by atoms with Crippen molar-refractivity contribution in [2.45, 2.75) is 11.7 Å². The van der Waals surface area contributed by atoms with E-state index in [1.807, 2.05) is 64.0 Å². The van der Waals surface area contributed by atoms with Crippen molar-refractivity contribution in [3.05, 3.63) is 89.5 Å². The summed E-state index contributed by atoms with van der Waals surface area (Å²) in [4.78, 5) is 12.4. The third-order valence-corrected chi connectivity index (χ3v) is 5.51. The van der Waals surface area contributed by atoms with E-state index < -0.39 is 5.82 Å². The number of rotatable bonds is 7. The van der Waals surface area contributed by atoms with E-state index >= 15 is 0 Å². The summed E-state index contributed by atoms with van der Waals surface area (Å²) in [5.41, 5.74) is 1.53. The van der Waals surface area contributed by atoms with Crippen LogP contribution >= 0.6 is 23.4 Å². The van der Waals surface area contributed by atoms with Gasteiger partial charge >= 0.3 is 0 Å². The number of halogens is 2. The Morgan fingerprint density at radius 3 is 2.57 bits per heavy atom. The van der Waals surface area contributed by atoms with Crippen LogP contribution in [0.25, 0.3) is 5.95 Å². The van der Waals surface area contributed by atoms with Crippen LogP contribution in [0.3, 0.4) is 0 Å². The lowest BCUT2D eigenvalue weighted by molar-refractivity contribution is -0.113. The molecule has 0 fully saturated rings. The van der Waals surface area contributed by atoms with Crippen LogP contribution < -0.4 is 5.32 Å². The van der Waals surface area contributed by atoms with Gasteiger partial charge in [-0.2, -0.15) is 0 Å². The number of amides is 1. The molecule has 30 heavy (non-hydrogen) atoms. The van der Waals surface area contributed by atoms with Crippen molar-refractivity contribution in [1.29, 1.82) is 0 Å². The molecule has 6 nitrogen and oxygen atoms in total. The summed E-state index contributed by atoms with van der Waals surface area (Å²) in [5, 5.41) is 11.9. The van der Waals surface area contributed by atoms with Gasteiger partial charge in [0.1, 0.15) is 5.82 Å². The number of carbonyl (C=O) groups is 1. The summed E-state index contributed by atoms with van der Waals surface area (Å²) in [6.07, 6.45) is 3.79. The first-order valence-electron chi connectivity index (χ1n) is 9.08. The van der Waals surface area contributed by atoms with Gasteiger partial charge in [-0.25, -0.2) is 4.39 Å². The second kappa shape index (κ2) is 9.15. The molecule has 4 aromatic rings. The van der Waals surface area contributed by atoms with E-state index in [1.165, 1.54) is 30.0 Å². The summed E-state index contributed by atoms with van der Waals surface area (Å²) in [7, 11) is 0. The van der Waals surface area contributed by atoms with Crippen LogP contribution in [0.5, 0.6) is 0 Å². The monoisotopic (exact) mass is 441 g/mol. The van der Waals surface area contributed by atoms with Gasteiger partial charge in [0.2, 0.25) is 11.9 Å². The Morgan fingerprint density at radius 1 is 1.07 bits per heavy atom. The smallest absolute Gasteiger partial charge is 0.236 e. The van der Waals surface area contributed by atoms with Crippen molar-refractivity contribution in [1.82, 2.24) is 19.3 Å². The average molecular weight is 442 g/mol. The fraction of sp³-hybridized carbons (Fsp3) is 0.0952. The third-order valence-electron chi connectivity index (χ3n) is 4.25. The maximum absolute atomic E-state index is 13.3. The van der Waals surface area contributed by atoms with E-state index in [0.29, 0.717) is 23.3 Å². The van der Waals surface area contributed by atoms with Gasteiger partial charge in [0.25, 0.3) is 0 Å². The molecule has 4 rings (SSSR count). The van der Waals surface area contributed by atoms with Crippen LogP contribution in [0.2, 0.25) is 5.02 Å². The van der Waals surface area contributed by atoms with Crippen molar-refractivity contribution in [2.75, 3.05) is 11.1 Å². The van der Waals surface area contributed by atoms with E-state index in [1.54, 1.807) is 0 Å². The summed E-state index contributed by atoms with van der Waals surface area (Å²) >= 11 is 7.04. The molecule has 0 aliphatic rings. The second-order valence-corrected chi connectivity index (χ2v) is 7.76. The number of carbonyl (C=O) groups excluding carboxylic acids is 1. The molecule has 0 aliphatic heterocycles. The Balaban J connectivity index is 1.50. The minimum absolute atomic E-state index is 0.0422. The fourth-order valence-corrected chi connectivity index (χ4v) is 3.77. The molecule has 0 radical (unpaired) electrons. The van der Waals surface area contributed by atoms with Crippen molar-refractivity contribution < 1.29 is 9.18 Å². The van der Waals surface area contributed by atoms with Crippen LogP contribution in [0.15, 0.2) is 78.2 Å². The van der Waals surface area contributed by atoms with E-state index in [9.17, 15) is 9.18 Å². The van der Waals surface area contributed by atoms with Gasteiger partial charge in [0.15, 0.2) is 5.16 Å². The summed E-state index contributed by atoms with van der Waals surface area (Å²) in [6.45, 7) is 0.568. The molecular weight excluding hydrogens is 425 g/mol. The highest BCUT2D eigenvalue weighted by Gasteiger charge is 2.16. The Hall–Kier alpha value is -3.10. The van der Waals surface area contributed by atoms with Crippen molar-refractivity contribution in [3.63, 3.8) is 0 Å². The molecule has 0 atom stereocenters. The van der Waals surface area contributed by atoms with Crippen LogP contribution in [-0.2, 0) is 11.3 Å². The predicted octanol–water partition coefficient (Wildman–Crippen LogP) is 4.64. The molecule has 0 saturated heterocycles. The first kappa shape index (κ1) is 20.2. The predicted molar refractivity (Wildman–Crippen MR) is 116 cm³/mol. The molecule has 1 amide bonds. The van der Waals surface area contributed by atoms with Gasteiger partial charge < -0.3 is 5.32 Å². The second-order valence-electron chi connectivity index (χ2n) is 6.41. The van der Waals surface area contributed by atoms with Crippen LogP contribution in [0, 0.1) is 5.82 Å². The zero-order chi connectivity index (χ0) is 20.9. The van der Waals surface area contributed by atoms with Crippen molar-refractivity contribution in [3.8, 4) is 5.95 Å². The maximum Gasteiger partial charge on any atom is 0.236 e. The fourth-order valence-electron chi connectivity index (χ4n) is 2.85. The zero-order valence-corrected chi connectivity index (χ0v) is 17.3. The molecule has 0 aliphatic carbocycles. The molecule has 1 N–H and O–H groups in total. The Labute approximate surface area is 181 Å². The molecule has 0 unspecified atom stereocenters. The van der Waals surface area contributed by atoms with Crippen LogP contribution in [-0.4, -0.2) is 31.0 Å². The highest BCUT2D eigenvalue weighted by Crippen LogP contribution is 2.23. The summed E-state index contributed by atoms with van der Waals surface area (Å²) < 4.78 is 17.1. The Bertz CT molecular complexity index is 1150. The molecule has 2 aromatic heterocycles. The highest BCUT2D eigenvalue weighted by atomic mass is 35.5. The molecule has 152 valence electrons. The lowest BCUT2D eigenvalue weighted by atomic mass is 10.2. The van der Waals surface area contributed by atoms with Gasteiger partial charge in [-0.05, 0) is 35.9 Å². The maximum atomic E-state index is 13.3. The molecule has 0 spiro atoms. The topological polar surface area (TPSA) is 64.7 Å². The Kier molecular flexibility index (Phi) is 6.15. The largest absolute Gasteiger partial charge is 0.325 e. The van der Waals surface area contributed by atoms with Gasteiger partial charge in [-0.15, -0.1) is 10.2 Å². The normalized spacial score (nSPS) is 10.9. The SMILES string of the molecule is O=C(CSc1nnc(-n2cccc2)n1Cc1ccccc1)Nc1ccc(F)c(Cl)c1. The van der Waals surface area contributed by atoms with E-state index in [-0.39, 0.29) is 16.7 Å². The van der Waals surface area contributed by atoms with Crippen LogP contribution in [0.1, 0.15) is 5.56 Å². The third kappa shape index (κ3) is 4.72. The number of anilines is 1. The lowest BCUT2D eigenvalue weighted by Gasteiger charge is -2.11. The summed E-state index contributed by atoms with van der Waals surface area (Å²) in [5.74, 6) is 0.000244. The first-order chi connectivity index (χ1) is 14.6. The number of thioether (sulfide) groups is 1. The van der Waals surface area contributed by atoms with Crippen molar-refractivity contribution in [2.24, 2.45) is 0 Å². The van der Waals surface area contributed by atoms with Gasteiger partial charge in [-0.1, -0.05) is 53.7 Å². The number of benzene rings is 2. The van der Waals surface area contributed by atoms with E-state index in [0.717, 1.165) is 5.56 Å². The van der Waals surface area contributed by atoms with Crippen LogP contribution in [0.4, 0.5) is 10.1 Å². The van der Waals surface area contributed by atoms with Gasteiger partial charge in [0, 0.05) is 18.1 Å². The quantitative estimate of drug-likeness (QED) is 0.424. The molecule has 0 bridgehead atoms. The molecular formula is C21H17ClFN5OS. The number of nitrogens with zero attached hydrogens (tertiary/aromatic N) is 4. The Morgan fingerprint density at radius 2 is 1.83 bits per heavy atom. The zero-order valence-electron chi connectivity index (χ0n) is 15.7. The average Bonchev–Trinajstić information content (AvgIpc) is 3.40. The number of nitrogens with one attached hydrogen (secondary N) is 1. The molecule has 9 heteroatoms.